The molecule has 1 N–H and O–H groups in total. The Morgan fingerprint density at radius 2 is 2.00 bits per heavy atom. The molecule has 0 aromatic rings. The molecule has 21 heavy (non-hydrogen) atoms. The van der Waals surface area contributed by atoms with Crippen LogP contribution in [0.15, 0.2) is 0 Å². The van der Waals surface area contributed by atoms with Crippen LogP contribution in [0.2, 0.25) is 0 Å². The summed E-state index contributed by atoms with van der Waals surface area (Å²) in [4.78, 5) is 27.1. The molecule has 0 saturated carbocycles. The molecular weight excluding hydrogens is 272 g/mol. The van der Waals surface area contributed by atoms with E-state index in [0.717, 1.165) is 45.7 Å². The monoisotopic (exact) mass is 300 g/mol. The predicted octanol–water partition coefficient (Wildman–Crippen LogP) is 1.06. The van der Waals surface area contributed by atoms with Crippen LogP contribution in [0.4, 0.5) is 0 Å². The molecule has 0 bridgehead atoms. The zero-order valence-corrected chi connectivity index (χ0v) is 13.2. The summed E-state index contributed by atoms with van der Waals surface area (Å²) in [6, 6.07) is 0. The first kappa shape index (κ1) is 17.9. The van der Waals surface area contributed by atoms with Crippen molar-refractivity contribution < 1.29 is 19.4 Å². The highest BCUT2D eigenvalue weighted by molar-refractivity contribution is 5.77. The Morgan fingerprint density at radius 3 is 2.57 bits per heavy atom. The first-order valence-electron chi connectivity index (χ1n) is 7.85. The first-order chi connectivity index (χ1) is 10.0. The highest BCUT2D eigenvalue weighted by Gasteiger charge is 2.20. The molecule has 1 unspecified atom stereocenters. The average molecular weight is 300 g/mol. The Morgan fingerprint density at radius 1 is 1.33 bits per heavy atom. The second kappa shape index (κ2) is 9.73. The minimum Gasteiger partial charge on any atom is -0.481 e. The van der Waals surface area contributed by atoms with E-state index >= 15 is 0 Å². The number of nitrogens with zero attached hydrogens (tertiary/aromatic N) is 2. The van der Waals surface area contributed by atoms with E-state index in [0.29, 0.717) is 19.5 Å². The maximum Gasteiger partial charge on any atom is 0.308 e. The topological polar surface area (TPSA) is 70.1 Å². The SMILES string of the molecule is CCCC(=O)N(CCCN1CCOCC1)CC(C)C(=O)O. The van der Waals surface area contributed by atoms with Crippen molar-refractivity contribution in [3.05, 3.63) is 0 Å². The smallest absolute Gasteiger partial charge is 0.308 e. The van der Waals surface area contributed by atoms with Gasteiger partial charge in [-0.05, 0) is 12.8 Å². The van der Waals surface area contributed by atoms with Crippen molar-refractivity contribution in [3.63, 3.8) is 0 Å². The van der Waals surface area contributed by atoms with E-state index in [9.17, 15) is 9.59 Å². The number of carbonyl (C=O) groups is 2. The number of aliphatic carboxylic acids is 1. The third kappa shape index (κ3) is 6.91. The van der Waals surface area contributed by atoms with E-state index < -0.39 is 11.9 Å². The third-order valence-electron chi connectivity index (χ3n) is 3.74. The van der Waals surface area contributed by atoms with Crippen molar-refractivity contribution in [3.8, 4) is 0 Å². The molecule has 0 aromatic carbocycles. The summed E-state index contributed by atoms with van der Waals surface area (Å²) in [6.45, 7) is 8.90. The van der Waals surface area contributed by atoms with Gasteiger partial charge in [0.25, 0.3) is 0 Å². The summed E-state index contributed by atoms with van der Waals surface area (Å²) in [7, 11) is 0. The fourth-order valence-corrected chi connectivity index (χ4v) is 2.41. The number of morpholine rings is 1. The largest absolute Gasteiger partial charge is 0.481 e. The van der Waals surface area contributed by atoms with Crippen molar-refractivity contribution >= 4 is 11.9 Å². The van der Waals surface area contributed by atoms with Crippen molar-refractivity contribution in [2.75, 3.05) is 45.9 Å². The van der Waals surface area contributed by atoms with Crippen LogP contribution >= 0.6 is 0 Å². The van der Waals surface area contributed by atoms with E-state index in [-0.39, 0.29) is 5.91 Å². The summed E-state index contributed by atoms with van der Waals surface area (Å²) in [5.41, 5.74) is 0. The van der Waals surface area contributed by atoms with Gasteiger partial charge in [-0.15, -0.1) is 0 Å². The summed E-state index contributed by atoms with van der Waals surface area (Å²) in [5, 5.41) is 9.01. The Labute approximate surface area is 127 Å². The molecule has 1 aliphatic rings. The molecule has 122 valence electrons. The summed E-state index contributed by atoms with van der Waals surface area (Å²) in [6.07, 6.45) is 2.16. The van der Waals surface area contributed by atoms with Crippen LogP contribution in [0, 0.1) is 5.92 Å². The van der Waals surface area contributed by atoms with Gasteiger partial charge in [0.1, 0.15) is 0 Å². The van der Waals surface area contributed by atoms with Gasteiger partial charge in [-0.25, -0.2) is 0 Å². The molecule has 1 saturated heterocycles. The fourth-order valence-electron chi connectivity index (χ4n) is 2.41. The normalized spacial score (nSPS) is 17.4. The quantitative estimate of drug-likeness (QED) is 0.689. The Hall–Kier alpha value is -1.14. The molecule has 6 heteroatoms. The van der Waals surface area contributed by atoms with Crippen LogP contribution in [-0.2, 0) is 14.3 Å². The molecule has 6 nitrogen and oxygen atoms in total. The zero-order valence-electron chi connectivity index (χ0n) is 13.2. The van der Waals surface area contributed by atoms with Gasteiger partial charge in [-0.2, -0.15) is 0 Å². The molecule has 0 aromatic heterocycles. The molecule has 1 fully saturated rings. The van der Waals surface area contributed by atoms with E-state index in [1.54, 1.807) is 11.8 Å². The van der Waals surface area contributed by atoms with Gasteiger partial charge < -0.3 is 14.7 Å². The van der Waals surface area contributed by atoms with Crippen LogP contribution < -0.4 is 0 Å². The molecule has 1 heterocycles. The lowest BCUT2D eigenvalue weighted by Gasteiger charge is -2.29. The molecule has 1 atom stereocenters. The molecule has 1 rings (SSSR count). The molecule has 1 amide bonds. The maximum atomic E-state index is 12.1. The minimum absolute atomic E-state index is 0.0626. The maximum absolute atomic E-state index is 12.1. The van der Waals surface area contributed by atoms with Gasteiger partial charge >= 0.3 is 5.97 Å². The average Bonchev–Trinajstić information content (AvgIpc) is 2.47. The summed E-state index contributed by atoms with van der Waals surface area (Å²) >= 11 is 0. The van der Waals surface area contributed by atoms with Crippen LogP contribution in [-0.4, -0.2) is 72.7 Å². The molecule has 0 radical (unpaired) electrons. The van der Waals surface area contributed by atoms with Crippen molar-refractivity contribution in [2.45, 2.75) is 33.1 Å². The van der Waals surface area contributed by atoms with Crippen LogP contribution in [0.3, 0.4) is 0 Å². The van der Waals surface area contributed by atoms with Gasteiger partial charge in [0, 0.05) is 39.1 Å². The highest BCUT2D eigenvalue weighted by atomic mass is 16.5. The first-order valence-corrected chi connectivity index (χ1v) is 7.85. The second-order valence-electron chi connectivity index (χ2n) is 5.64. The Bertz CT molecular complexity index is 330. The zero-order chi connectivity index (χ0) is 15.7. The van der Waals surface area contributed by atoms with Crippen LogP contribution in [0.5, 0.6) is 0 Å². The number of ether oxygens (including phenoxy) is 1. The molecular formula is C15H28N2O4. The minimum atomic E-state index is -0.850. The molecule has 1 aliphatic heterocycles. The Balaban J connectivity index is 2.39. The van der Waals surface area contributed by atoms with Gasteiger partial charge in [-0.1, -0.05) is 13.8 Å². The number of carboxylic acids is 1. The van der Waals surface area contributed by atoms with E-state index in [1.165, 1.54) is 0 Å². The number of amides is 1. The highest BCUT2D eigenvalue weighted by Crippen LogP contribution is 2.07. The van der Waals surface area contributed by atoms with Crippen molar-refractivity contribution in [2.24, 2.45) is 5.92 Å². The lowest BCUT2D eigenvalue weighted by Crippen LogP contribution is -2.40. The van der Waals surface area contributed by atoms with E-state index in [4.69, 9.17) is 9.84 Å². The Kier molecular flexibility index (Phi) is 8.30. The lowest BCUT2D eigenvalue weighted by molar-refractivity contribution is -0.143. The van der Waals surface area contributed by atoms with E-state index in [2.05, 4.69) is 4.90 Å². The standard InChI is InChI=1S/C15H28N2O4/c1-3-5-14(18)17(12-13(2)15(19)20)7-4-6-16-8-10-21-11-9-16/h13H,3-12H2,1-2H3,(H,19,20). The lowest BCUT2D eigenvalue weighted by atomic mass is 10.1. The second-order valence-corrected chi connectivity index (χ2v) is 5.64. The predicted molar refractivity (Wildman–Crippen MR) is 80.2 cm³/mol. The van der Waals surface area contributed by atoms with E-state index in [1.807, 2.05) is 6.92 Å². The number of carbonyl (C=O) groups excluding carboxylic acids is 1. The van der Waals surface area contributed by atoms with Crippen LogP contribution in [0.1, 0.15) is 33.1 Å². The number of hydrogen-bond donors (Lipinski definition) is 1. The number of carboxylic acid groups (broad SMARTS) is 1. The number of rotatable bonds is 9. The number of hydrogen-bond acceptors (Lipinski definition) is 4. The van der Waals surface area contributed by atoms with Gasteiger partial charge in [0.05, 0.1) is 19.1 Å². The van der Waals surface area contributed by atoms with Crippen molar-refractivity contribution in [1.82, 2.24) is 9.80 Å². The van der Waals surface area contributed by atoms with Crippen molar-refractivity contribution in [1.29, 1.82) is 0 Å². The van der Waals surface area contributed by atoms with Gasteiger partial charge in [0.2, 0.25) is 5.91 Å². The summed E-state index contributed by atoms with van der Waals surface area (Å²) in [5.74, 6) is -1.31. The fraction of sp³-hybridized carbons (Fsp3) is 0.867. The van der Waals surface area contributed by atoms with Gasteiger partial charge in [-0.3, -0.25) is 14.5 Å². The molecule has 0 aliphatic carbocycles. The third-order valence-corrected chi connectivity index (χ3v) is 3.74. The molecule has 0 spiro atoms. The summed E-state index contributed by atoms with van der Waals surface area (Å²) < 4.78 is 5.30. The van der Waals surface area contributed by atoms with Crippen LogP contribution in [0.25, 0.3) is 0 Å². The van der Waals surface area contributed by atoms with Gasteiger partial charge in [0.15, 0.2) is 0 Å².